The van der Waals surface area contributed by atoms with Gasteiger partial charge >= 0.3 is 5.97 Å². The molecule has 2 rings (SSSR count). The van der Waals surface area contributed by atoms with E-state index in [0.717, 1.165) is 17.1 Å². The number of allylic oxidation sites excluding steroid dienone is 1. The highest BCUT2D eigenvalue weighted by Gasteiger charge is 2.21. The van der Waals surface area contributed by atoms with Crippen molar-refractivity contribution in [2.75, 3.05) is 0 Å². The maximum Gasteiger partial charge on any atom is 0.328 e. The monoisotopic (exact) mass is 314 g/mol. The summed E-state index contributed by atoms with van der Waals surface area (Å²) in [5.74, 6) is 0.751. The Morgan fingerprint density at radius 2 is 1.78 bits per heavy atom. The van der Waals surface area contributed by atoms with Gasteiger partial charge in [-0.15, -0.1) is 0 Å². The number of unbranched alkanes of at least 4 members (excludes halogenated alkanes) is 2. The summed E-state index contributed by atoms with van der Waals surface area (Å²) < 4.78 is 0. The molecule has 0 saturated heterocycles. The van der Waals surface area contributed by atoms with Crippen molar-refractivity contribution in [3.8, 4) is 0 Å². The van der Waals surface area contributed by atoms with Crippen LogP contribution in [-0.2, 0) is 4.79 Å². The standard InChI is InChI=1S/C21H30O2/c1-3-4-5-6-17-7-9-19(10-8-17)20-13-11-18(12-14-20)16(2)15-21(22)23/h11-15,17,19H,3-10H2,1-2H3,(H,22,23)/t17-,19-. The Bertz CT molecular complexity index is 519. The fourth-order valence-electron chi connectivity index (χ4n) is 3.75. The molecule has 1 N–H and O–H groups in total. The summed E-state index contributed by atoms with van der Waals surface area (Å²) in [5, 5.41) is 8.83. The molecule has 1 aromatic carbocycles. The van der Waals surface area contributed by atoms with E-state index in [2.05, 4.69) is 31.2 Å². The lowest BCUT2D eigenvalue weighted by Gasteiger charge is -2.29. The number of carbonyl (C=O) groups is 1. The van der Waals surface area contributed by atoms with Crippen LogP contribution in [0.5, 0.6) is 0 Å². The first-order valence-electron chi connectivity index (χ1n) is 9.11. The predicted molar refractivity (Wildman–Crippen MR) is 96.6 cm³/mol. The number of hydrogen-bond donors (Lipinski definition) is 1. The normalized spacial score (nSPS) is 22.1. The van der Waals surface area contributed by atoms with E-state index < -0.39 is 5.97 Å². The van der Waals surface area contributed by atoms with E-state index in [-0.39, 0.29) is 0 Å². The van der Waals surface area contributed by atoms with Gasteiger partial charge in [0, 0.05) is 6.08 Å². The van der Waals surface area contributed by atoms with E-state index >= 15 is 0 Å². The number of benzene rings is 1. The van der Waals surface area contributed by atoms with E-state index in [0.29, 0.717) is 5.92 Å². The van der Waals surface area contributed by atoms with Crippen molar-refractivity contribution in [3.63, 3.8) is 0 Å². The molecule has 0 unspecified atom stereocenters. The highest BCUT2D eigenvalue weighted by Crippen LogP contribution is 2.38. The van der Waals surface area contributed by atoms with Crippen LogP contribution in [0.15, 0.2) is 30.3 Å². The second-order valence-corrected chi connectivity index (χ2v) is 7.00. The van der Waals surface area contributed by atoms with Crippen molar-refractivity contribution in [3.05, 3.63) is 41.5 Å². The van der Waals surface area contributed by atoms with E-state index in [1.807, 2.05) is 6.92 Å². The third-order valence-electron chi connectivity index (χ3n) is 5.24. The van der Waals surface area contributed by atoms with Gasteiger partial charge in [-0.1, -0.05) is 56.9 Å². The lowest BCUT2D eigenvalue weighted by Crippen LogP contribution is -2.13. The van der Waals surface area contributed by atoms with Gasteiger partial charge in [0.2, 0.25) is 0 Å². The van der Waals surface area contributed by atoms with Crippen LogP contribution < -0.4 is 0 Å². The summed E-state index contributed by atoms with van der Waals surface area (Å²) >= 11 is 0. The van der Waals surface area contributed by atoms with Crippen LogP contribution in [-0.4, -0.2) is 11.1 Å². The number of hydrogen-bond acceptors (Lipinski definition) is 1. The zero-order valence-electron chi connectivity index (χ0n) is 14.6. The topological polar surface area (TPSA) is 37.3 Å². The molecule has 0 aliphatic heterocycles. The third kappa shape index (κ3) is 5.53. The Hall–Kier alpha value is -1.57. The Morgan fingerprint density at radius 3 is 2.35 bits per heavy atom. The van der Waals surface area contributed by atoms with Gasteiger partial charge in [-0.05, 0) is 61.1 Å². The molecule has 1 fully saturated rings. The highest BCUT2D eigenvalue weighted by molar-refractivity contribution is 5.89. The Kier molecular flexibility index (Phi) is 6.88. The molecule has 126 valence electrons. The van der Waals surface area contributed by atoms with Gasteiger partial charge in [-0.25, -0.2) is 4.79 Å². The molecule has 2 nitrogen and oxygen atoms in total. The predicted octanol–water partition coefficient (Wildman–Crippen LogP) is 6.03. The van der Waals surface area contributed by atoms with E-state index in [4.69, 9.17) is 5.11 Å². The summed E-state index contributed by atoms with van der Waals surface area (Å²) in [6.45, 7) is 4.12. The number of carboxylic acid groups (broad SMARTS) is 1. The zero-order chi connectivity index (χ0) is 16.7. The average molecular weight is 314 g/mol. The molecule has 1 aromatic rings. The van der Waals surface area contributed by atoms with Crippen LogP contribution in [0, 0.1) is 5.92 Å². The lowest BCUT2D eigenvalue weighted by molar-refractivity contribution is -0.131. The van der Waals surface area contributed by atoms with Crippen LogP contribution in [0.2, 0.25) is 0 Å². The second kappa shape index (κ2) is 8.90. The van der Waals surface area contributed by atoms with Gasteiger partial charge in [-0.2, -0.15) is 0 Å². The third-order valence-corrected chi connectivity index (χ3v) is 5.24. The first-order chi connectivity index (χ1) is 11.1. The minimum atomic E-state index is -0.882. The van der Waals surface area contributed by atoms with Crippen molar-refractivity contribution in [1.29, 1.82) is 0 Å². The Morgan fingerprint density at radius 1 is 1.13 bits per heavy atom. The molecule has 1 aliphatic carbocycles. The first kappa shape index (κ1) is 17.8. The number of carboxylic acids is 1. The molecule has 1 saturated carbocycles. The van der Waals surface area contributed by atoms with Gasteiger partial charge in [0.05, 0.1) is 0 Å². The average Bonchev–Trinajstić information content (AvgIpc) is 2.55. The van der Waals surface area contributed by atoms with E-state index in [9.17, 15) is 4.79 Å². The largest absolute Gasteiger partial charge is 0.478 e. The fourth-order valence-corrected chi connectivity index (χ4v) is 3.75. The second-order valence-electron chi connectivity index (χ2n) is 7.00. The molecule has 0 radical (unpaired) electrons. The molecule has 0 aromatic heterocycles. The minimum absolute atomic E-state index is 0.690. The van der Waals surface area contributed by atoms with Gasteiger partial charge in [0.25, 0.3) is 0 Å². The van der Waals surface area contributed by atoms with Crippen LogP contribution in [0.1, 0.15) is 82.3 Å². The molecule has 0 heterocycles. The quantitative estimate of drug-likeness (QED) is 0.493. The summed E-state index contributed by atoms with van der Waals surface area (Å²) in [6.07, 6.45) is 12.1. The van der Waals surface area contributed by atoms with Crippen molar-refractivity contribution in [2.24, 2.45) is 5.92 Å². The fraction of sp³-hybridized carbons (Fsp3) is 0.571. The van der Waals surface area contributed by atoms with Gasteiger partial charge < -0.3 is 5.11 Å². The smallest absolute Gasteiger partial charge is 0.328 e. The summed E-state index contributed by atoms with van der Waals surface area (Å²) in [4.78, 5) is 10.7. The Labute approximate surface area is 140 Å². The lowest BCUT2D eigenvalue weighted by atomic mass is 9.77. The number of rotatable bonds is 7. The Balaban J connectivity index is 1.88. The van der Waals surface area contributed by atoms with Gasteiger partial charge in [0.15, 0.2) is 0 Å². The molecule has 23 heavy (non-hydrogen) atoms. The van der Waals surface area contributed by atoms with Crippen molar-refractivity contribution < 1.29 is 9.90 Å². The number of aliphatic carboxylic acids is 1. The molecule has 0 spiro atoms. The molecular weight excluding hydrogens is 284 g/mol. The summed E-state index contributed by atoms with van der Waals surface area (Å²) in [6, 6.07) is 8.52. The van der Waals surface area contributed by atoms with Crippen molar-refractivity contribution in [1.82, 2.24) is 0 Å². The van der Waals surface area contributed by atoms with Crippen LogP contribution in [0.25, 0.3) is 5.57 Å². The molecular formula is C21H30O2. The van der Waals surface area contributed by atoms with Crippen LogP contribution in [0.3, 0.4) is 0 Å². The maximum atomic E-state index is 10.7. The molecule has 0 atom stereocenters. The van der Waals surface area contributed by atoms with E-state index in [1.54, 1.807) is 0 Å². The van der Waals surface area contributed by atoms with Crippen molar-refractivity contribution in [2.45, 2.75) is 71.1 Å². The first-order valence-corrected chi connectivity index (χ1v) is 9.11. The SMILES string of the molecule is CCCCC[C@H]1CC[C@H](c2ccc(C(C)=CC(=O)O)cc2)CC1. The van der Waals surface area contributed by atoms with Crippen LogP contribution >= 0.6 is 0 Å². The van der Waals surface area contributed by atoms with Crippen molar-refractivity contribution >= 4 is 11.5 Å². The molecule has 0 amide bonds. The minimum Gasteiger partial charge on any atom is -0.478 e. The highest BCUT2D eigenvalue weighted by atomic mass is 16.4. The zero-order valence-corrected chi connectivity index (χ0v) is 14.6. The molecule has 2 heteroatoms. The van der Waals surface area contributed by atoms with Crippen LogP contribution in [0.4, 0.5) is 0 Å². The molecule has 1 aliphatic rings. The van der Waals surface area contributed by atoms with E-state index in [1.165, 1.54) is 63.0 Å². The molecule has 0 bridgehead atoms. The van der Waals surface area contributed by atoms with Gasteiger partial charge in [-0.3, -0.25) is 0 Å². The summed E-state index contributed by atoms with van der Waals surface area (Å²) in [5.41, 5.74) is 3.23. The van der Waals surface area contributed by atoms with Gasteiger partial charge in [0.1, 0.15) is 0 Å². The summed E-state index contributed by atoms with van der Waals surface area (Å²) in [7, 11) is 0. The maximum absolute atomic E-state index is 10.7.